The number of nitrogens with zero attached hydrogens (tertiary/aromatic N) is 3. The Morgan fingerprint density at radius 2 is 2.27 bits per heavy atom. The number of likely N-dealkylation sites (tertiary alicyclic amines) is 2. The first kappa shape index (κ1) is 16.9. The van der Waals surface area contributed by atoms with Crippen molar-refractivity contribution < 1.29 is 14.0 Å². The number of carbonyl (C=O) groups is 2. The highest BCUT2D eigenvalue weighted by atomic mass is 16.3. The molecule has 7 heteroatoms. The average Bonchev–Trinajstić information content (AvgIpc) is 3.36. The van der Waals surface area contributed by atoms with Crippen LogP contribution < -0.4 is 0 Å². The minimum absolute atomic E-state index is 0.0134. The van der Waals surface area contributed by atoms with Gasteiger partial charge in [0.2, 0.25) is 5.91 Å². The molecule has 2 aliphatic heterocycles. The van der Waals surface area contributed by atoms with Gasteiger partial charge in [0.15, 0.2) is 0 Å². The van der Waals surface area contributed by atoms with Crippen LogP contribution >= 0.6 is 0 Å². The van der Waals surface area contributed by atoms with Gasteiger partial charge >= 0.3 is 0 Å². The molecule has 4 rings (SSSR count). The fourth-order valence-corrected chi connectivity index (χ4v) is 4.27. The SMILES string of the molecule is O=C1CC[C@@]2(CCCN(C(=O)c3ccoc3)C2)CN1CCc1cnc[nH]1. The lowest BCUT2D eigenvalue weighted by molar-refractivity contribution is -0.138. The van der Waals surface area contributed by atoms with Gasteiger partial charge in [-0.2, -0.15) is 0 Å². The number of rotatable bonds is 4. The van der Waals surface area contributed by atoms with Crippen molar-refractivity contribution in [1.29, 1.82) is 0 Å². The zero-order chi connectivity index (χ0) is 18.0. The number of hydrogen-bond donors (Lipinski definition) is 1. The number of hydrogen-bond acceptors (Lipinski definition) is 4. The van der Waals surface area contributed by atoms with E-state index in [2.05, 4.69) is 9.97 Å². The van der Waals surface area contributed by atoms with Crippen molar-refractivity contribution in [3.8, 4) is 0 Å². The summed E-state index contributed by atoms with van der Waals surface area (Å²) in [6, 6.07) is 1.71. The van der Waals surface area contributed by atoms with Gasteiger partial charge in [-0.3, -0.25) is 9.59 Å². The number of furan rings is 1. The Labute approximate surface area is 152 Å². The van der Waals surface area contributed by atoms with Gasteiger partial charge in [-0.1, -0.05) is 0 Å². The van der Waals surface area contributed by atoms with Crippen LogP contribution in [0, 0.1) is 5.41 Å². The standard InChI is InChI=1S/C19H24N4O3/c24-17-2-6-19(12-22(17)8-3-16-10-20-14-21-16)5-1-7-23(13-19)18(25)15-4-9-26-11-15/h4,9-11,14H,1-3,5-8,12-13H2,(H,20,21)/t19-/m0/s1. The molecule has 138 valence electrons. The van der Waals surface area contributed by atoms with Gasteiger partial charge in [-0.25, -0.2) is 4.98 Å². The maximum atomic E-state index is 12.7. The molecule has 2 amide bonds. The number of aromatic amines is 1. The predicted octanol–water partition coefficient (Wildman–Crippen LogP) is 2.09. The van der Waals surface area contributed by atoms with E-state index < -0.39 is 0 Å². The summed E-state index contributed by atoms with van der Waals surface area (Å²) in [5, 5.41) is 0. The normalized spacial score (nSPS) is 23.6. The Morgan fingerprint density at radius 1 is 1.35 bits per heavy atom. The molecule has 2 saturated heterocycles. The molecule has 2 aromatic heterocycles. The molecule has 2 aromatic rings. The van der Waals surface area contributed by atoms with Gasteiger partial charge in [-0.15, -0.1) is 0 Å². The van der Waals surface area contributed by atoms with Gasteiger partial charge in [0, 0.05) is 56.3 Å². The van der Waals surface area contributed by atoms with Crippen molar-refractivity contribution in [3.63, 3.8) is 0 Å². The van der Waals surface area contributed by atoms with E-state index in [4.69, 9.17) is 4.42 Å². The fourth-order valence-electron chi connectivity index (χ4n) is 4.27. The van der Waals surface area contributed by atoms with E-state index >= 15 is 0 Å². The van der Waals surface area contributed by atoms with Crippen molar-refractivity contribution in [3.05, 3.63) is 42.4 Å². The van der Waals surface area contributed by atoms with Crippen LogP contribution in [0.1, 0.15) is 41.7 Å². The van der Waals surface area contributed by atoms with Gasteiger partial charge in [-0.05, 0) is 25.3 Å². The van der Waals surface area contributed by atoms with Crippen molar-refractivity contribution in [2.24, 2.45) is 5.41 Å². The summed E-state index contributed by atoms with van der Waals surface area (Å²) in [6.45, 7) is 2.91. The monoisotopic (exact) mass is 356 g/mol. The molecule has 1 N–H and O–H groups in total. The first-order valence-corrected chi connectivity index (χ1v) is 9.22. The van der Waals surface area contributed by atoms with Crippen LogP contribution in [0.5, 0.6) is 0 Å². The molecule has 0 aromatic carbocycles. The molecule has 2 fully saturated rings. The quantitative estimate of drug-likeness (QED) is 0.909. The molecular weight excluding hydrogens is 332 g/mol. The Kier molecular flexibility index (Phi) is 4.53. The zero-order valence-corrected chi connectivity index (χ0v) is 14.8. The Balaban J connectivity index is 1.43. The van der Waals surface area contributed by atoms with Gasteiger partial charge in [0.25, 0.3) is 5.91 Å². The highest BCUT2D eigenvalue weighted by molar-refractivity contribution is 5.94. The molecule has 1 spiro atoms. The number of aromatic nitrogens is 2. The van der Waals surface area contributed by atoms with E-state index in [-0.39, 0.29) is 17.2 Å². The maximum absolute atomic E-state index is 12.7. The molecule has 0 radical (unpaired) electrons. The van der Waals surface area contributed by atoms with Crippen LogP contribution in [0.4, 0.5) is 0 Å². The number of imidazole rings is 1. The van der Waals surface area contributed by atoms with Crippen LogP contribution in [0.15, 0.2) is 35.5 Å². The van der Waals surface area contributed by atoms with E-state index in [0.717, 1.165) is 44.5 Å². The first-order chi connectivity index (χ1) is 12.7. The second-order valence-electron chi connectivity index (χ2n) is 7.48. The Hall–Kier alpha value is -2.57. The number of amides is 2. The lowest BCUT2D eigenvalue weighted by Gasteiger charge is -2.48. The van der Waals surface area contributed by atoms with Crippen LogP contribution in [0.3, 0.4) is 0 Å². The third kappa shape index (κ3) is 3.38. The lowest BCUT2D eigenvalue weighted by atomic mass is 9.73. The molecule has 1 atom stereocenters. The lowest BCUT2D eigenvalue weighted by Crippen LogP contribution is -2.55. The van der Waals surface area contributed by atoms with Crippen molar-refractivity contribution >= 4 is 11.8 Å². The Bertz CT molecular complexity index is 756. The fraction of sp³-hybridized carbons (Fsp3) is 0.526. The van der Waals surface area contributed by atoms with Crippen molar-refractivity contribution in [2.75, 3.05) is 26.2 Å². The number of H-pyrrole nitrogens is 1. The van der Waals surface area contributed by atoms with Crippen LogP contribution in [0.25, 0.3) is 0 Å². The highest BCUT2D eigenvalue weighted by Crippen LogP contribution is 2.39. The molecular formula is C19H24N4O3. The Morgan fingerprint density at radius 3 is 3.04 bits per heavy atom. The molecule has 7 nitrogen and oxygen atoms in total. The summed E-state index contributed by atoms with van der Waals surface area (Å²) in [5.74, 6) is 0.243. The molecule has 0 bridgehead atoms. The summed E-state index contributed by atoms with van der Waals surface area (Å²) in [4.78, 5) is 36.1. The number of carbonyl (C=O) groups excluding carboxylic acids is 2. The smallest absolute Gasteiger partial charge is 0.257 e. The summed E-state index contributed by atoms with van der Waals surface area (Å²) in [5.41, 5.74) is 1.65. The number of nitrogens with one attached hydrogen (secondary N) is 1. The molecule has 26 heavy (non-hydrogen) atoms. The third-order valence-electron chi connectivity index (χ3n) is 5.67. The molecule has 0 aliphatic carbocycles. The van der Waals surface area contributed by atoms with E-state index in [1.54, 1.807) is 18.6 Å². The van der Waals surface area contributed by atoms with Crippen molar-refractivity contribution in [2.45, 2.75) is 32.1 Å². The van der Waals surface area contributed by atoms with Gasteiger partial charge in [0.1, 0.15) is 6.26 Å². The predicted molar refractivity (Wildman–Crippen MR) is 94.4 cm³/mol. The minimum atomic E-state index is 0.0134. The summed E-state index contributed by atoms with van der Waals surface area (Å²) in [7, 11) is 0. The highest BCUT2D eigenvalue weighted by Gasteiger charge is 2.42. The zero-order valence-electron chi connectivity index (χ0n) is 14.8. The molecule has 0 saturated carbocycles. The maximum Gasteiger partial charge on any atom is 0.257 e. The van der Waals surface area contributed by atoms with E-state index in [1.807, 2.05) is 9.80 Å². The second kappa shape index (κ2) is 6.97. The van der Waals surface area contributed by atoms with Crippen molar-refractivity contribution in [1.82, 2.24) is 19.8 Å². The molecule has 2 aliphatic rings. The molecule has 4 heterocycles. The summed E-state index contributed by atoms with van der Waals surface area (Å²) >= 11 is 0. The second-order valence-corrected chi connectivity index (χ2v) is 7.48. The van der Waals surface area contributed by atoms with Crippen LogP contribution in [0.2, 0.25) is 0 Å². The van der Waals surface area contributed by atoms with E-state index in [0.29, 0.717) is 25.1 Å². The topological polar surface area (TPSA) is 82.4 Å². The largest absolute Gasteiger partial charge is 0.472 e. The summed E-state index contributed by atoms with van der Waals surface area (Å²) < 4.78 is 5.05. The molecule has 0 unspecified atom stereocenters. The average molecular weight is 356 g/mol. The van der Waals surface area contributed by atoms with Gasteiger partial charge in [0.05, 0.1) is 18.2 Å². The first-order valence-electron chi connectivity index (χ1n) is 9.22. The summed E-state index contributed by atoms with van der Waals surface area (Å²) in [6.07, 6.45) is 10.7. The minimum Gasteiger partial charge on any atom is -0.472 e. The van der Waals surface area contributed by atoms with Gasteiger partial charge < -0.3 is 19.2 Å². The van der Waals surface area contributed by atoms with E-state index in [9.17, 15) is 9.59 Å². The van der Waals surface area contributed by atoms with Crippen LogP contribution in [-0.4, -0.2) is 57.8 Å². The van der Waals surface area contributed by atoms with E-state index in [1.165, 1.54) is 12.5 Å². The number of piperidine rings is 2. The third-order valence-corrected chi connectivity index (χ3v) is 5.67. The van der Waals surface area contributed by atoms with Crippen LogP contribution in [-0.2, 0) is 11.2 Å².